The van der Waals surface area contributed by atoms with E-state index in [1.54, 1.807) is 24.3 Å². The van der Waals surface area contributed by atoms with Crippen molar-refractivity contribution in [3.8, 4) is 11.1 Å². The predicted octanol–water partition coefficient (Wildman–Crippen LogP) is 8.37. The van der Waals surface area contributed by atoms with Gasteiger partial charge in [0.15, 0.2) is 0 Å². The molecule has 2 N–H and O–H groups in total. The van der Waals surface area contributed by atoms with Gasteiger partial charge in [-0.25, -0.2) is 9.18 Å². The molecule has 5 rings (SSSR count). The zero-order valence-corrected chi connectivity index (χ0v) is 24.9. The quantitative estimate of drug-likeness (QED) is 0.129. The molecule has 1 heterocycles. The number of aryl methyl sites for hydroxylation is 1. The summed E-state index contributed by atoms with van der Waals surface area (Å²) in [6, 6.07) is 29.8. The van der Waals surface area contributed by atoms with E-state index in [9.17, 15) is 18.8 Å². The Bertz CT molecular complexity index is 1770. The smallest absolute Gasteiger partial charge is 0.341 e. The highest BCUT2D eigenvalue weighted by atomic mass is 32.2. The van der Waals surface area contributed by atoms with E-state index in [2.05, 4.69) is 10.6 Å². The molecule has 0 saturated carbocycles. The number of esters is 1. The van der Waals surface area contributed by atoms with E-state index in [0.717, 1.165) is 16.7 Å². The van der Waals surface area contributed by atoms with Crippen LogP contribution in [0.3, 0.4) is 0 Å². The van der Waals surface area contributed by atoms with Crippen molar-refractivity contribution in [1.82, 2.24) is 0 Å². The number of thioether (sulfide) groups is 1. The number of halogens is 1. The fraction of sp³-hybridized carbons (Fsp3) is 0.0882. The molecule has 1 atom stereocenters. The zero-order chi connectivity index (χ0) is 30.3. The predicted molar refractivity (Wildman–Crippen MR) is 170 cm³/mol. The van der Waals surface area contributed by atoms with Gasteiger partial charge < -0.3 is 15.4 Å². The number of hydrogen-bond donors (Lipinski definition) is 2. The van der Waals surface area contributed by atoms with E-state index in [1.165, 1.54) is 48.4 Å². The molecule has 6 nitrogen and oxygen atoms in total. The maximum absolute atomic E-state index is 14.1. The number of hydrogen-bond acceptors (Lipinski definition) is 6. The molecule has 0 aliphatic rings. The van der Waals surface area contributed by atoms with Gasteiger partial charge in [0.1, 0.15) is 21.6 Å². The Balaban J connectivity index is 1.42. The summed E-state index contributed by atoms with van der Waals surface area (Å²) in [5.74, 6) is -2.07. The Morgan fingerprint density at radius 2 is 1.58 bits per heavy atom. The summed E-state index contributed by atoms with van der Waals surface area (Å²) in [7, 11) is 1.31. The molecule has 9 heteroatoms. The Kier molecular flexibility index (Phi) is 9.34. The van der Waals surface area contributed by atoms with Crippen LogP contribution >= 0.6 is 23.1 Å². The van der Waals surface area contributed by atoms with Crippen LogP contribution in [-0.2, 0) is 9.53 Å². The van der Waals surface area contributed by atoms with Crippen molar-refractivity contribution in [3.05, 3.63) is 137 Å². The number of thiophene rings is 1. The fourth-order valence-corrected chi connectivity index (χ4v) is 6.45. The minimum atomic E-state index is -0.700. The normalized spacial score (nSPS) is 11.4. The van der Waals surface area contributed by atoms with Crippen molar-refractivity contribution in [2.24, 2.45) is 0 Å². The summed E-state index contributed by atoms with van der Waals surface area (Å²) in [5.41, 5.74) is 4.04. The third-order valence-electron chi connectivity index (χ3n) is 6.58. The number of carbonyl (C=O) groups is 3. The average Bonchev–Trinajstić information content (AvgIpc) is 3.43. The number of methoxy groups -OCH3 is 1. The molecule has 0 aliphatic carbocycles. The van der Waals surface area contributed by atoms with Crippen LogP contribution in [-0.4, -0.2) is 24.9 Å². The van der Waals surface area contributed by atoms with Crippen molar-refractivity contribution >= 4 is 51.6 Å². The van der Waals surface area contributed by atoms with Gasteiger partial charge in [0.25, 0.3) is 5.91 Å². The van der Waals surface area contributed by atoms with Crippen LogP contribution in [0.15, 0.2) is 113 Å². The molecule has 216 valence electrons. The Labute approximate surface area is 256 Å². The third kappa shape index (κ3) is 7.02. The Hall–Kier alpha value is -4.73. The lowest BCUT2D eigenvalue weighted by molar-refractivity contribution is -0.115. The van der Waals surface area contributed by atoms with Crippen LogP contribution in [0.2, 0.25) is 0 Å². The van der Waals surface area contributed by atoms with E-state index in [1.807, 2.05) is 73.0 Å². The van der Waals surface area contributed by atoms with E-state index >= 15 is 0 Å². The molecule has 2 amide bonds. The van der Waals surface area contributed by atoms with Crippen LogP contribution in [0.5, 0.6) is 0 Å². The van der Waals surface area contributed by atoms with Crippen LogP contribution in [0.25, 0.3) is 11.1 Å². The zero-order valence-electron chi connectivity index (χ0n) is 23.3. The van der Waals surface area contributed by atoms with Crippen molar-refractivity contribution in [1.29, 1.82) is 0 Å². The SMILES string of the molecule is COC(=O)c1c(-c2ccc(C)cc2)csc1NC(=O)C(Sc1cccc(NC(=O)c2ccccc2F)c1)c1ccccc1. The van der Waals surface area contributed by atoms with Crippen molar-refractivity contribution in [2.45, 2.75) is 17.1 Å². The maximum Gasteiger partial charge on any atom is 0.341 e. The molecular weight excluding hydrogens is 584 g/mol. The Morgan fingerprint density at radius 3 is 2.30 bits per heavy atom. The Morgan fingerprint density at radius 1 is 0.860 bits per heavy atom. The van der Waals surface area contributed by atoms with Crippen LogP contribution in [0.4, 0.5) is 15.1 Å². The molecule has 5 aromatic rings. The summed E-state index contributed by atoms with van der Waals surface area (Å²) in [4.78, 5) is 40.1. The standard InChI is InChI=1S/C34H27FN2O4S2/c1-21-15-17-22(18-16-21)27-20-42-33(29(27)34(40)41-2)37-32(39)30(23-9-4-3-5-10-23)43-25-12-8-11-24(19-25)36-31(38)26-13-6-7-14-28(26)35/h3-20,30H,1-2H3,(H,36,38)(H,37,39). The lowest BCUT2D eigenvalue weighted by Gasteiger charge is -2.18. The monoisotopic (exact) mass is 610 g/mol. The second kappa shape index (κ2) is 13.5. The number of benzene rings is 4. The summed E-state index contributed by atoms with van der Waals surface area (Å²) in [6.45, 7) is 1.98. The van der Waals surface area contributed by atoms with Crippen LogP contribution in [0, 0.1) is 12.7 Å². The van der Waals surface area contributed by atoms with E-state index < -0.39 is 22.9 Å². The molecule has 1 aromatic heterocycles. The van der Waals surface area contributed by atoms with Gasteiger partial charge in [0.2, 0.25) is 5.91 Å². The number of rotatable bonds is 9. The molecule has 43 heavy (non-hydrogen) atoms. The molecule has 0 aliphatic heterocycles. The lowest BCUT2D eigenvalue weighted by Crippen LogP contribution is -2.20. The van der Waals surface area contributed by atoms with Crippen molar-refractivity contribution < 1.29 is 23.5 Å². The highest BCUT2D eigenvalue weighted by molar-refractivity contribution is 8.00. The molecule has 0 saturated heterocycles. The molecule has 1 unspecified atom stereocenters. The molecule has 0 spiro atoms. The lowest BCUT2D eigenvalue weighted by atomic mass is 10.0. The molecular formula is C34H27FN2O4S2. The van der Waals surface area contributed by atoms with Gasteiger partial charge in [-0.05, 0) is 48.4 Å². The molecule has 0 fully saturated rings. The highest BCUT2D eigenvalue weighted by Crippen LogP contribution is 2.40. The summed E-state index contributed by atoms with van der Waals surface area (Å²) in [6.07, 6.45) is 0. The van der Waals surface area contributed by atoms with Gasteiger partial charge in [-0.2, -0.15) is 0 Å². The van der Waals surface area contributed by atoms with Gasteiger partial charge in [0, 0.05) is 21.5 Å². The summed E-state index contributed by atoms with van der Waals surface area (Å²) < 4.78 is 19.2. The van der Waals surface area contributed by atoms with E-state index in [4.69, 9.17) is 4.74 Å². The van der Waals surface area contributed by atoms with Crippen LogP contribution < -0.4 is 10.6 Å². The number of amides is 2. The molecule has 0 radical (unpaired) electrons. The van der Waals surface area contributed by atoms with E-state index in [-0.39, 0.29) is 11.5 Å². The van der Waals surface area contributed by atoms with Crippen LogP contribution in [0.1, 0.15) is 37.1 Å². The second-order valence-electron chi connectivity index (χ2n) is 9.57. The van der Waals surface area contributed by atoms with Gasteiger partial charge in [-0.3, -0.25) is 9.59 Å². The van der Waals surface area contributed by atoms with Gasteiger partial charge >= 0.3 is 5.97 Å². The van der Waals surface area contributed by atoms with E-state index in [0.29, 0.717) is 26.7 Å². The maximum atomic E-state index is 14.1. The first-order valence-corrected chi connectivity index (χ1v) is 15.0. The topological polar surface area (TPSA) is 84.5 Å². The van der Waals surface area contributed by atoms with Gasteiger partial charge in [-0.1, -0.05) is 78.4 Å². The molecule has 0 bridgehead atoms. The first kappa shape index (κ1) is 29.8. The average molecular weight is 611 g/mol. The number of carbonyl (C=O) groups excluding carboxylic acids is 3. The summed E-state index contributed by atoms with van der Waals surface area (Å²) >= 11 is 2.54. The number of nitrogens with one attached hydrogen (secondary N) is 2. The summed E-state index contributed by atoms with van der Waals surface area (Å²) in [5, 5.41) is 7.22. The first-order valence-electron chi connectivity index (χ1n) is 13.3. The first-order chi connectivity index (χ1) is 20.8. The minimum absolute atomic E-state index is 0.0653. The van der Waals surface area contributed by atoms with Crippen molar-refractivity contribution in [2.75, 3.05) is 17.7 Å². The second-order valence-corrected chi connectivity index (χ2v) is 11.6. The van der Waals surface area contributed by atoms with Crippen molar-refractivity contribution in [3.63, 3.8) is 0 Å². The van der Waals surface area contributed by atoms with Gasteiger partial charge in [-0.15, -0.1) is 23.1 Å². The fourth-order valence-electron chi connectivity index (χ4n) is 4.41. The minimum Gasteiger partial charge on any atom is -0.465 e. The third-order valence-corrected chi connectivity index (χ3v) is 8.73. The number of anilines is 2. The highest BCUT2D eigenvalue weighted by Gasteiger charge is 2.27. The largest absolute Gasteiger partial charge is 0.465 e. The van der Waals surface area contributed by atoms with Gasteiger partial charge in [0.05, 0.1) is 12.7 Å². The number of ether oxygens (including phenoxy) is 1. The molecule has 4 aromatic carbocycles.